The van der Waals surface area contributed by atoms with Gasteiger partial charge in [0.2, 0.25) is 0 Å². The van der Waals surface area contributed by atoms with Gasteiger partial charge in [-0.1, -0.05) is 32.0 Å². The van der Waals surface area contributed by atoms with Gasteiger partial charge in [-0.2, -0.15) is 0 Å². The zero-order valence-corrected chi connectivity index (χ0v) is 11.9. The number of hydrogen-bond donors (Lipinski definition) is 2. The number of benzene rings is 1. The highest BCUT2D eigenvalue weighted by atomic mass is 16.3. The van der Waals surface area contributed by atoms with Crippen LogP contribution in [0.1, 0.15) is 50.3 Å². The monoisotopic (exact) mass is 249 g/mol. The van der Waals surface area contributed by atoms with Crippen molar-refractivity contribution < 1.29 is 9.90 Å². The van der Waals surface area contributed by atoms with Crippen LogP contribution in [-0.2, 0) is 11.3 Å². The molecule has 0 unspecified atom stereocenters. The fraction of sp³-hybridized carbons (Fsp3) is 0.533. The number of nitrogens with one attached hydrogen (secondary N) is 1. The predicted molar refractivity (Wildman–Crippen MR) is 73.4 cm³/mol. The van der Waals surface area contributed by atoms with Gasteiger partial charge in [0.1, 0.15) is 5.60 Å². The van der Waals surface area contributed by atoms with Gasteiger partial charge in [-0.3, -0.25) is 4.79 Å². The molecular formula is C15H23NO2. The fourth-order valence-corrected chi connectivity index (χ4v) is 1.63. The average molecular weight is 249 g/mol. The van der Waals surface area contributed by atoms with Crippen LogP contribution in [0, 0.1) is 6.92 Å². The highest BCUT2D eigenvalue weighted by Crippen LogP contribution is 2.18. The molecule has 3 heteroatoms. The Balaban J connectivity index is 2.79. The lowest BCUT2D eigenvalue weighted by molar-refractivity contribution is -0.136. The third kappa shape index (κ3) is 3.84. The van der Waals surface area contributed by atoms with Gasteiger partial charge in [0.15, 0.2) is 0 Å². The predicted octanol–water partition coefficient (Wildman–Crippen LogP) is 2.51. The van der Waals surface area contributed by atoms with E-state index in [4.69, 9.17) is 0 Å². The summed E-state index contributed by atoms with van der Waals surface area (Å²) in [5.74, 6) is 0.117. The summed E-state index contributed by atoms with van der Waals surface area (Å²) in [5, 5.41) is 12.3. The Bertz CT molecular complexity index is 431. The highest BCUT2D eigenvalue weighted by Gasteiger charge is 2.23. The summed E-state index contributed by atoms with van der Waals surface area (Å²) in [6.45, 7) is 9.73. The molecule has 0 aliphatic rings. The molecule has 1 amide bonds. The summed E-state index contributed by atoms with van der Waals surface area (Å²) in [4.78, 5) is 11.6. The molecule has 1 aromatic carbocycles. The third-order valence-corrected chi connectivity index (χ3v) is 3.03. The molecule has 0 bridgehead atoms. The third-order valence-electron chi connectivity index (χ3n) is 3.03. The summed E-state index contributed by atoms with van der Waals surface area (Å²) in [5.41, 5.74) is 2.17. The van der Waals surface area contributed by atoms with Crippen molar-refractivity contribution in [2.75, 3.05) is 0 Å². The molecule has 0 aromatic heterocycles. The molecular weight excluding hydrogens is 226 g/mol. The molecule has 0 saturated heterocycles. The maximum Gasteiger partial charge on any atom is 0.251 e. The normalized spacial score (nSPS) is 11.7. The first-order chi connectivity index (χ1) is 8.21. The zero-order chi connectivity index (χ0) is 13.9. The molecule has 0 heterocycles. The van der Waals surface area contributed by atoms with Crippen LogP contribution in [0.4, 0.5) is 0 Å². The van der Waals surface area contributed by atoms with Crippen LogP contribution in [0.25, 0.3) is 0 Å². The smallest absolute Gasteiger partial charge is 0.251 e. The minimum atomic E-state index is -1.33. The Labute approximate surface area is 109 Å². The van der Waals surface area contributed by atoms with E-state index in [1.165, 1.54) is 19.4 Å². The number of carbonyl (C=O) groups is 1. The second kappa shape index (κ2) is 5.53. The van der Waals surface area contributed by atoms with E-state index in [1.54, 1.807) is 0 Å². The summed E-state index contributed by atoms with van der Waals surface area (Å²) >= 11 is 0. The molecule has 18 heavy (non-hydrogen) atoms. The Morgan fingerprint density at radius 3 is 2.50 bits per heavy atom. The van der Waals surface area contributed by atoms with Gasteiger partial charge in [0, 0.05) is 6.54 Å². The Morgan fingerprint density at radius 2 is 2.00 bits per heavy atom. The number of hydrogen-bond acceptors (Lipinski definition) is 2. The first kappa shape index (κ1) is 14.7. The van der Waals surface area contributed by atoms with Crippen molar-refractivity contribution in [1.82, 2.24) is 5.32 Å². The molecule has 1 aromatic rings. The molecule has 100 valence electrons. The van der Waals surface area contributed by atoms with Crippen LogP contribution in [0.15, 0.2) is 18.2 Å². The minimum Gasteiger partial charge on any atom is -0.381 e. The van der Waals surface area contributed by atoms with Gasteiger partial charge in [-0.15, -0.1) is 0 Å². The fourth-order valence-electron chi connectivity index (χ4n) is 1.63. The molecule has 3 nitrogen and oxygen atoms in total. The van der Waals surface area contributed by atoms with Gasteiger partial charge in [0.25, 0.3) is 5.91 Å². The van der Waals surface area contributed by atoms with Gasteiger partial charge < -0.3 is 10.4 Å². The average Bonchev–Trinajstić information content (AvgIpc) is 2.25. The number of aliphatic hydroxyl groups is 1. The van der Waals surface area contributed by atoms with Gasteiger partial charge in [-0.05, 0) is 43.4 Å². The number of aryl methyl sites for hydroxylation is 1. The lowest BCUT2D eigenvalue weighted by Gasteiger charge is -2.18. The van der Waals surface area contributed by atoms with Crippen molar-refractivity contribution in [3.8, 4) is 0 Å². The summed E-state index contributed by atoms with van der Waals surface area (Å²) in [7, 11) is 0. The first-order valence-electron chi connectivity index (χ1n) is 6.32. The molecule has 0 aliphatic carbocycles. The lowest BCUT2D eigenvalue weighted by Crippen LogP contribution is -2.41. The van der Waals surface area contributed by atoms with E-state index in [1.807, 2.05) is 6.92 Å². The van der Waals surface area contributed by atoms with Crippen LogP contribution in [0.2, 0.25) is 0 Å². The second-order valence-corrected chi connectivity index (χ2v) is 5.58. The summed E-state index contributed by atoms with van der Waals surface area (Å²) in [6.07, 6.45) is 0. The van der Waals surface area contributed by atoms with E-state index < -0.39 is 5.60 Å². The van der Waals surface area contributed by atoms with Crippen molar-refractivity contribution in [2.24, 2.45) is 0 Å². The first-order valence-corrected chi connectivity index (χ1v) is 6.32. The second-order valence-electron chi connectivity index (χ2n) is 5.58. The lowest BCUT2D eigenvalue weighted by atomic mass is 9.97. The quantitative estimate of drug-likeness (QED) is 0.861. The molecule has 0 saturated carbocycles. The van der Waals surface area contributed by atoms with Crippen LogP contribution < -0.4 is 5.32 Å². The largest absolute Gasteiger partial charge is 0.381 e. The SMILES string of the molecule is Cc1ccc(C(C)C)cc1CNC(=O)C(C)(C)O. The van der Waals surface area contributed by atoms with E-state index >= 15 is 0 Å². The molecule has 0 spiro atoms. The van der Waals surface area contributed by atoms with Crippen molar-refractivity contribution in [2.45, 2.75) is 52.7 Å². The zero-order valence-electron chi connectivity index (χ0n) is 11.9. The van der Waals surface area contributed by atoms with E-state index in [2.05, 4.69) is 37.4 Å². The maximum absolute atomic E-state index is 11.6. The molecule has 1 rings (SSSR count). The minimum absolute atomic E-state index is 0.350. The summed E-state index contributed by atoms with van der Waals surface area (Å²) in [6, 6.07) is 6.30. The van der Waals surface area contributed by atoms with E-state index in [9.17, 15) is 9.90 Å². The molecule has 0 fully saturated rings. The molecule has 2 N–H and O–H groups in total. The van der Waals surface area contributed by atoms with Crippen molar-refractivity contribution in [1.29, 1.82) is 0 Å². The Morgan fingerprint density at radius 1 is 1.39 bits per heavy atom. The van der Waals surface area contributed by atoms with Crippen LogP contribution in [0.5, 0.6) is 0 Å². The van der Waals surface area contributed by atoms with Crippen LogP contribution in [0.3, 0.4) is 0 Å². The van der Waals surface area contributed by atoms with Gasteiger partial charge in [0.05, 0.1) is 0 Å². The van der Waals surface area contributed by atoms with E-state index in [0.29, 0.717) is 12.5 Å². The van der Waals surface area contributed by atoms with Crippen LogP contribution >= 0.6 is 0 Å². The van der Waals surface area contributed by atoms with Crippen molar-refractivity contribution in [3.05, 3.63) is 34.9 Å². The van der Waals surface area contributed by atoms with Crippen LogP contribution in [-0.4, -0.2) is 16.6 Å². The Kier molecular flexibility index (Phi) is 4.52. The topological polar surface area (TPSA) is 49.3 Å². The number of rotatable bonds is 4. The number of carbonyl (C=O) groups excluding carboxylic acids is 1. The van der Waals surface area contributed by atoms with Crippen molar-refractivity contribution in [3.63, 3.8) is 0 Å². The summed E-state index contributed by atoms with van der Waals surface area (Å²) < 4.78 is 0. The van der Waals surface area contributed by atoms with E-state index in [0.717, 1.165) is 11.1 Å². The highest BCUT2D eigenvalue weighted by molar-refractivity contribution is 5.83. The molecule has 0 radical (unpaired) electrons. The maximum atomic E-state index is 11.6. The molecule has 0 atom stereocenters. The van der Waals surface area contributed by atoms with Crippen molar-refractivity contribution >= 4 is 5.91 Å². The standard InChI is InChI=1S/C15H23NO2/c1-10(2)12-7-6-11(3)13(8-12)9-16-14(17)15(4,5)18/h6-8,10,18H,9H2,1-5H3,(H,16,17). The van der Waals surface area contributed by atoms with E-state index in [-0.39, 0.29) is 5.91 Å². The molecule has 0 aliphatic heterocycles. The Hall–Kier alpha value is -1.35. The van der Waals surface area contributed by atoms with Gasteiger partial charge in [-0.25, -0.2) is 0 Å². The number of amides is 1. The van der Waals surface area contributed by atoms with Gasteiger partial charge >= 0.3 is 0 Å².